The van der Waals surface area contributed by atoms with Gasteiger partial charge in [0.05, 0.1) is 5.56 Å². The Morgan fingerprint density at radius 1 is 1.16 bits per heavy atom. The van der Waals surface area contributed by atoms with E-state index >= 15 is 0 Å². The molecule has 1 saturated carbocycles. The van der Waals surface area contributed by atoms with Crippen LogP contribution in [0, 0.1) is 11.8 Å². The maximum atomic E-state index is 12.7. The Labute approximate surface area is 154 Å². The van der Waals surface area contributed by atoms with Crippen LogP contribution in [0.15, 0.2) is 0 Å². The zero-order valence-electron chi connectivity index (χ0n) is 15.1. The maximum absolute atomic E-state index is 12.7. The lowest BCUT2D eigenvalue weighted by atomic mass is 9.79. The molecule has 1 heterocycles. The first-order valence-electron chi connectivity index (χ1n) is 9.78. The van der Waals surface area contributed by atoms with E-state index in [-0.39, 0.29) is 11.8 Å². The van der Waals surface area contributed by atoms with Crippen molar-refractivity contribution in [1.82, 2.24) is 0 Å². The van der Waals surface area contributed by atoms with Gasteiger partial charge >= 0.3 is 5.97 Å². The lowest BCUT2D eigenvalue weighted by molar-refractivity contribution is -0.121. The first-order chi connectivity index (χ1) is 12.1. The Hall–Kier alpha value is -1.36. The van der Waals surface area contributed by atoms with Crippen molar-refractivity contribution in [1.29, 1.82) is 0 Å². The number of nitrogens with one attached hydrogen (secondary N) is 1. The predicted octanol–water partition coefficient (Wildman–Crippen LogP) is 5.26. The summed E-state index contributed by atoms with van der Waals surface area (Å²) >= 11 is 1.48. The van der Waals surface area contributed by atoms with E-state index in [9.17, 15) is 14.7 Å². The number of thiophene rings is 1. The van der Waals surface area contributed by atoms with Crippen LogP contribution < -0.4 is 5.32 Å². The fourth-order valence-electron chi connectivity index (χ4n) is 4.30. The number of carboxylic acid groups (broad SMARTS) is 1. The molecular weight excluding hydrogens is 334 g/mol. The number of fused-ring (bicyclic) bond motifs is 1. The van der Waals surface area contributed by atoms with Crippen LogP contribution in [0.2, 0.25) is 0 Å². The Kier molecular flexibility index (Phi) is 6.15. The quantitative estimate of drug-likeness (QED) is 0.724. The second kappa shape index (κ2) is 8.35. The molecule has 3 rings (SSSR count). The molecule has 1 fully saturated rings. The topological polar surface area (TPSA) is 66.4 Å². The first-order valence-corrected chi connectivity index (χ1v) is 10.6. The molecule has 25 heavy (non-hydrogen) atoms. The third-order valence-corrected chi connectivity index (χ3v) is 7.01. The number of rotatable bonds is 6. The summed E-state index contributed by atoms with van der Waals surface area (Å²) in [5.41, 5.74) is 1.31. The van der Waals surface area contributed by atoms with Gasteiger partial charge in [0.15, 0.2) is 0 Å². The van der Waals surface area contributed by atoms with E-state index in [2.05, 4.69) is 12.2 Å². The average molecular weight is 364 g/mol. The minimum atomic E-state index is -0.905. The summed E-state index contributed by atoms with van der Waals surface area (Å²) < 4.78 is 0. The number of aromatic carboxylic acids is 1. The van der Waals surface area contributed by atoms with Crippen molar-refractivity contribution in [3.05, 3.63) is 16.0 Å². The second-order valence-electron chi connectivity index (χ2n) is 7.57. The van der Waals surface area contributed by atoms with E-state index in [1.54, 1.807) is 0 Å². The van der Waals surface area contributed by atoms with Crippen LogP contribution in [0.4, 0.5) is 5.00 Å². The van der Waals surface area contributed by atoms with Gasteiger partial charge in [-0.3, -0.25) is 4.79 Å². The summed E-state index contributed by atoms with van der Waals surface area (Å²) in [6, 6.07) is 0. The monoisotopic (exact) mass is 363 g/mol. The molecule has 1 aromatic rings. The van der Waals surface area contributed by atoms with Gasteiger partial charge in [-0.1, -0.05) is 26.2 Å². The third-order valence-electron chi connectivity index (χ3n) is 5.81. The minimum Gasteiger partial charge on any atom is -0.478 e. The van der Waals surface area contributed by atoms with Crippen molar-refractivity contribution in [3.8, 4) is 0 Å². The van der Waals surface area contributed by atoms with Crippen molar-refractivity contribution in [3.63, 3.8) is 0 Å². The number of hydrogen-bond acceptors (Lipinski definition) is 3. The highest BCUT2D eigenvalue weighted by molar-refractivity contribution is 7.17. The molecule has 4 nitrogen and oxygen atoms in total. The minimum absolute atomic E-state index is 0.0232. The Balaban J connectivity index is 1.64. The van der Waals surface area contributed by atoms with Gasteiger partial charge in [-0.2, -0.15) is 0 Å². The number of hydrogen-bond donors (Lipinski definition) is 2. The molecule has 0 saturated heterocycles. The van der Waals surface area contributed by atoms with E-state index < -0.39 is 5.97 Å². The van der Waals surface area contributed by atoms with E-state index in [4.69, 9.17) is 0 Å². The summed E-state index contributed by atoms with van der Waals surface area (Å²) in [6.45, 7) is 2.22. The molecular formula is C20H29NO3S. The highest BCUT2D eigenvalue weighted by atomic mass is 32.1. The molecule has 0 spiro atoms. The molecule has 2 aliphatic rings. The SMILES string of the molecule is CCCCC1CCC(C(=O)Nc2sc3c(c2C(=O)O)CCCC3)CC1. The predicted molar refractivity (Wildman–Crippen MR) is 102 cm³/mol. The molecule has 0 radical (unpaired) electrons. The summed E-state index contributed by atoms with van der Waals surface area (Å²) in [5.74, 6) is -0.0701. The average Bonchev–Trinajstić information content (AvgIpc) is 2.98. The van der Waals surface area contributed by atoms with Crippen LogP contribution in [0.25, 0.3) is 0 Å². The van der Waals surface area contributed by atoms with Crippen LogP contribution >= 0.6 is 11.3 Å². The van der Waals surface area contributed by atoms with Crippen LogP contribution in [0.5, 0.6) is 0 Å². The largest absolute Gasteiger partial charge is 0.478 e. The van der Waals surface area contributed by atoms with Crippen molar-refractivity contribution in [2.45, 2.75) is 77.6 Å². The standard InChI is InChI=1S/C20H29NO3S/c1-2-3-6-13-9-11-14(12-10-13)18(22)21-19-17(20(23)24)15-7-4-5-8-16(15)25-19/h13-14H,2-12H2,1H3,(H,21,22)(H,23,24). The van der Waals surface area contributed by atoms with E-state index in [1.165, 1.54) is 30.6 Å². The number of carbonyl (C=O) groups is 2. The molecule has 1 aromatic heterocycles. The van der Waals surface area contributed by atoms with Gasteiger partial charge in [0.25, 0.3) is 0 Å². The van der Waals surface area contributed by atoms with Crippen LogP contribution in [-0.2, 0) is 17.6 Å². The van der Waals surface area contributed by atoms with Crippen molar-refractivity contribution in [2.75, 3.05) is 5.32 Å². The number of amides is 1. The smallest absolute Gasteiger partial charge is 0.339 e. The number of unbranched alkanes of at least 4 members (excludes halogenated alkanes) is 1. The first kappa shape index (κ1) is 18.4. The zero-order valence-corrected chi connectivity index (χ0v) is 15.9. The third kappa shape index (κ3) is 4.25. The molecule has 0 atom stereocenters. The molecule has 0 aromatic carbocycles. The Bertz CT molecular complexity index is 629. The summed E-state index contributed by atoms with van der Waals surface area (Å²) in [4.78, 5) is 25.5. The lowest BCUT2D eigenvalue weighted by Crippen LogP contribution is -2.27. The summed E-state index contributed by atoms with van der Waals surface area (Å²) in [7, 11) is 0. The zero-order chi connectivity index (χ0) is 17.8. The van der Waals surface area contributed by atoms with Crippen LogP contribution in [0.1, 0.15) is 85.5 Å². The molecule has 5 heteroatoms. The molecule has 138 valence electrons. The van der Waals surface area contributed by atoms with Crippen LogP contribution in [0.3, 0.4) is 0 Å². The second-order valence-corrected chi connectivity index (χ2v) is 8.67. The van der Waals surface area contributed by atoms with Crippen molar-refractivity contribution in [2.24, 2.45) is 11.8 Å². The van der Waals surface area contributed by atoms with Crippen molar-refractivity contribution >= 4 is 28.2 Å². The van der Waals surface area contributed by atoms with Gasteiger partial charge in [-0.25, -0.2) is 4.79 Å². The Morgan fingerprint density at radius 2 is 1.88 bits per heavy atom. The highest BCUT2D eigenvalue weighted by Crippen LogP contribution is 2.39. The number of anilines is 1. The fourth-order valence-corrected chi connectivity index (χ4v) is 5.58. The highest BCUT2D eigenvalue weighted by Gasteiger charge is 2.30. The number of carboxylic acids is 1. The number of carbonyl (C=O) groups excluding carboxylic acids is 1. The summed E-state index contributed by atoms with van der Waals surface area (Å²) in [5, 5.41) is 13.1. The van der Waals surface area contributed by atoms with Crippen molar-refractivity contribution < 1.29 is 14.7 Å². The lowest BCUT2D eigenvalue weighted by Gasteiger charge is -2.27. The number of aryl methyl sites for hydroxylation is 1. The normalized spacial score (nSPS) is 23.1. The van der Waals surface area contributed by atoms with E-state index in [0.717, 1.165) is 67.7 Å². The Morgan fingerprint density at radius 3 is 2.56 bits per heavy atom. The van der Waals surface area contributed by atoms with Gasteiger partial charge in [-0.15, -0.1) is 11.3 Å². The summed E-state index contributed by atoms with van der Waals surface area (Å²) in [6.07, 6.45) is 11.9. The van der Waals surface area contributed by atoms with E-state index in [0.29, 0.717) is 10.6 Å². The van der Waals surface area contributed by atoms with Gasteiger partial charge in [0, 0.05) is 10.8 Å². The van der Waals surface area contributed by atoms with Gasteiger partial charge in [0.2, 0.25) is 5.91 Å². The van der Waals surface area contributed by atoms with Gasteiger partial charge < -0.3 is 10.4 Å². The molecule has 0 aliphatic heterocycles. The fraction of sp³-hybridized carbons (Fsp3) is 0.700. The molecule has 2 aliphatic carbocycles. The molecule has 0 bridgehead atoms. The van der Waals surface area contributed by atoms with Gasteiger partial charge in [0.1, 0.15) is 5.00 Å². The molecule has 0 unspecified atom stereocenters. The maximum Gasteiger partial charge on any atom is 0.339 e. The van der Waals surface area contributed by atoms with Gasteiger partial charge in [-0.05, 0) is 62.8 Å². The van der Waals surface area contributed by atoms with E-state index in [1.807, 2.05) is 0 Å². The molecule has 1 amide bonds. The van der Waals surface area contributed by atoms with Crippen LogP contribution in [-0.4, -0.2) is 17.0 Å². The molecule has 2 N–H and O–H groups in total.